The van der Waals surface area contributed by atoms with Crippen LogP contribution >= 0.6 is 15.9 Å². The third-order valence-corrected chi connectivity index (χ3v) is 8.56. The van der Waals surface area contributed by atoms with Gasteiger partial charge < -0.3 is 9.84 Å². The smallest absolute Gasteiger partial charge is 0.122 e. The lowest BCUT2D eigenvalue weighted by Gasteiger charge is -2.57. The van der Waals surface area contributed by atoms with Crippen LogP contribution in [-0.4, -0.2) is 18.8 Å². The summed E-state index contributed by atoms with van der Waals surface area (Å²) >= 11 is 3.52. The molecule has 6 rings (SSSR count). The average molecular weight is 481 g/mol. The van der Waals surface area contributed by atoms with E-state index in [-0.39, 0.29) is 6.61 Å². The Morgan fingerprint density at radius 2 is 1.77 bits per heavy atom. The Balaban J connectivity index is 1.33. The second kappa shape index (κ2) is 8.75. The van der Waals surface area contributed by atoms with E-state index >= 15 is 0 Å². The van der Waals surface area contributed by atoms with E-state index in [0.717, 1.165) is 52.0 Å². The van der Waals surface area contributed by atoms with Crippen LogP contribution in [0.2, 0.25) is 0 Å². The summed E-state index contributed by atoms with van der Waals surface area (Å²) in [6.45, 7) is 0.0603. The summed E-state index contributed by atoms with van der Waals surface area (Å²) in [6.07, 6.45) is 12.5. The fraction of sp³-hybridized carbons (Fsp3) is 0.500. The maximum absolute atomic E-state index is 9.83. The SMILES string of the molecule is COc1cc(CCC=C(CO)c2cccc(Br)c2)ccc1C12CC3CC(CC(C3)C1)C2. The van der Waals surface area contributed by atoms with E-state index in [9.17, 15) is 5.11 Å². The van der Waals surface area contributed by atoms with Gasteiger partial charge in [0.15, 0.2) is 0 Å². The topological polar surface area (TPSA) is 29.5 Å². The molecule has 1 N–H and O–H groups in total. The minimum Gasteiger partial charge on any atom is -0.496 e. The Morgan fingerprint density at radius 1 is 1.06 bits per heavy atom. The normalized spacial score (nSPS) is 29.4. The van der Waals surface area contributed by atoms with Crippen molar-refractivity contribution in [1.29, 1.82) is 0 Å². The fourth-order valence-corrected chi connectivity index (χ4v) is 7.54. The zero-order valence-electron chi connectivity index (χ0n) is 18.4. The first-order valence-electron chi connectivity index (χ1n) is 11.8. The molecule has 164 valence electrons. The molecule has 2 aromatic carbocycles. The van der Waals surface area contributed by atoms with Gasteiger partial charge in [0, 0.05) is 10.0 Å². The van der Waals surface area contributed by atoms with E-state index in [4.69, 9.17) is 4.74 Å². The van der Waals surface area contributed by atoms with Crippen LogP contribution in [0.3, 0.4) is 0 Å². The molecule has 3 heteroatoms. The molecule has 0 amide bonds. The fourth-order valence-electron chi connectivity index (χ4n) is 7.14. The first kappa shape index (κ1) is 21.3. The molecule has 4 aliphatic carbocycles. The highest BCUT2D eigenvalue weighted by Gasteiger charge is 2.52. The number of halogens is 1. The minimum absolute atomic E-state index is 0.0603. The number of methoxy groups -OCH3 is 1. The molecular formula is C28H33BrO2. The predicted molar refractivity (Wildman–Crippen MR) is 130 cm³/mol. The van der Waals surface area contributed by atoms with E-state index < -0.39 is 0 Å². The molecule has 0 radical (unpaired) electrons. The minimum atomic E-state index is 0.0603. The Kier molecular flexibility index (Phi) is 6.00. The van der Waals surface area contributed by atoms with Crippen molar-refractivity contribution in [2.75, 3.05) is 13.7 Å². The van der Waals surface area contributed by atoms with Gasteiger partial charge >= 0.3 is 0 Å². The van der Waals surface area contributed by atoms with E-state index in [0.29, 0.717) is 5.41 Å². The highest BCUT2D eigenvalue weighted by Crippen LogP contribution is 2.61. The lowest BCUT2D eigenvalue weighted by atomic mass is 9.48. The predicted octanol–water partition coefficient (Wildman–Crippen LogP) is 6.93. The maximum atomic E-state index is 9.83. The number of allylic oxidation sites excluding steroid dienone is 1. The van der Waals surface area contributed by atoms with E-state index in [1.54, 1.807) is 0 Å². The third kappa shape index (κ3) is 4.24. The maximum Gasteiger partial charge on any atom is 0.122 e. The van der Waals surface area contributed by atoms with Gasteiger partial charge in [-0.3, -0.25) is 0 Å². The van der Waals surface area contributed by atoms with Gasteiger partial charge in [-0.05, 0) is 109 Å². The zero-order chi connectivity index (χ0) is 21.4. The van der Waals surface area contributed by atoms with Gasteiger partial charge in [0.2, 0.25) is 0 Å². The zero-order valence-corrected chi connectivity index (χ0v) is 20.0. The first-order valence-corrected chi connectivity index (χ1v) is 12.6. The lowest BCUT2D eigenvalue weighted by molar-refractivity contribution is -0.00616. The highest BCUT2D eigenvalue weighted by molar-refractivity contribution is 9.10. The van der Waals surface area contributed by atoms with Crippen molar-refractivity contribution in [3.8, 4) is 5.75 Å². The summed E-state index contributed by atoms with van der Waals surface area (Å²) in [5.41, 5.74) is 5.21. The molecule has 0 heterocycles. The standard InChI is InChI=1S/C28H33BrO2/c1-31-27-13-19(4-2-6-24(18-30)23-5-3-7-25(29)14-23)8-9-26(27)28-15-20-10-21(16-28)12-22(11-20)17-28/h3,5-9,13-14,20-22,30H,2,4,10-12,15-18H2,1H3. The molecule has 2 aromatic rings. The number of ether oxygens (including phenoxy) is 1. The van der Waals surface area contributed by atoms with Crippen LogP contribution in [-0.2, 0) is 11.8 Å². The first-order chi connectivity index (χ1) is 15.1. The third-order valence-electron chi connectivity index (χ3n) is 8.07. The van der Waals surface area contributed by atoms with Gasteiger partial charge in [0.1, 0.15) is 5.75 Å². The Hall–Kier alpha value is -1.58. The van der Waals surface area contributed by atoms with Crippen LogP contribution in [0.5, 0.6) is 5.75 Å². The summed E-state index contributed by atoms with van der Waals surface area (Å²) in [6, 6.07) is 15.1. The molecule has 4 aliphatic rings. The van der Waals surface area contributed by atoms with Gasteiger partial charge in [0.25, 0.3) is 0 Å². The molecule has 4 bridgehead atoms. The van der Waals surface area contributed by atoms with E-state index in [1.165, 1.54) is 49.7 Å². The molecule has 4 fully saturated rings. The lowest BCUT2D eigenvalue weighted by Crippen LogP contribution is -2.48. The monoisotopic (exact) mass is 480 g/mol. The van der Waals surface area contributed by atoms with Gasteiger partial charge in [-0.25, -0.2) is 0 Å². The van der Waals surface area contributed by atoms with Crippen molar-refractivity contribution in [3.05, 3.63) is 69.7 Å². The number of rotatable bonds is 7. The Bertz CT molecular complexity index is 941. The van der Waals surface area contributed by atoms with Crippen LogP contribution in [0.15, 0.2) is 53.0 Å². The summed E-state index contributed by atoms with van der Waals surface area (Å²) in [7, 11) is 1.83. The molecule has 2 nitrogen and oxygen atoms in total. The van der Waals surface area contributed by atoms with Crippen molar-refractivity contribution in [2.45, 2.75) is 56.8 Å². The molecule has 0 unspecified atom stereocenters. The summed E-state index contributed by atoms with van der Waals surface area (Å²) in [5, 5.41) is 9.83. The molecule has 31 heavy (non-hydrogen) atoms. The summed E-state index contributed by atoms with van der Waals surface area (Å²) < 4.78 is 6.98. The molecule has 0 saturated heterocycles. The number of aryl methyl sites for hydroxylation is 1. The largest absolute Gasteiger partial charge is 0.496 e. The number of benzene rings is 2. The van der Waals surface area contributed by atoms with Crippen molar-refractivity contribution in [3.63, 3.8) is 0 Å². The van der Waals surface area contributed by atoms with Crippen molar-refractivity contribution in [1.82, 2.24) is 0 Å². The van der Waals surface area contributed by atoms with Crippen LogP contribution in [0.25, 0.3) is 5.57 Å². The van der Waals surface area contributed by atoms with Gasteiger partial charge in [-0.15, -0.1) is 0 Å². The number of hydrogen-bond acceptors (Lipinski definition) is 2. The summed E-state index contributed by atoms with van der Waals surface area (Å²) in [5.74, 6) is 3.92. The van der Waals surface area contributed by atoms with Crippen molar-refractivity contribution in [2.24, 2.45) is 17.8 Å². The molecule has 0 aromatic heterocycles. The van der Waals surface area contributed by atoms with Gasteiger partial charge in [0.05, 0.1) is 13.7 Å². The molecule has 4 saturated carbocycles. The van der Waals surface area contributed by atoms with Crippen LogP contribution in [0.4, 0.5) is 0 Å². The highest BCUT2D eigenvalue weighted by atomic mass is 79.9. The Morgan fingerprint density at radius 3 is 2.39 bits per heavy atom. The molecular weight excluding hydrogens is 448 g/mol. The summed E-state index contributed by atoms with van der Waals surface area (Å²) in [4.78, 5) is 0. The number of hydrogen-bond donors (Lipinski definition) is 1. The van der Waals surface area contributed by atoms with Crippen LogP contribution < -0.4 is 4.74 Å². The second-order valence-corrected chi connectivity index (χ2v) is 11.1. The van der Waals surface area contributed by atoms with Gasteiger partial charge in [-0.2, -0.15) is 0 Å². The van der Waals surface area contributed by atoms with E-state index in [2.05, 4.69) is 52.3 Å². The Labute approximate surface area is 194 Å². The van der Waals surface area contributed by atoms with Crippen LogP contribution in [0.1, 0.15) is 61.6 Å². The molecule has 0 spiro atoms. The molecule has 0 aliphatic heterocycles. The quantitative estimate of drug-likeness (QED) is 0.465. The number of aliphatic hydroxyl groups excluding tert-OH is 1. The average Bonchev–Trinajstić information content (AvgIpc) is 2.75. The van der Waals surface area contributed by atoms with Crippen molar-refractivity contribution < 1.29 is 9.84 Å². The van der Waals surface area contributed by atoms with Crippen molar-refractivity contribution >= 4 is 21.5 Å². The van der Waals surface area contributed by atoms with Gasteiger partial charge in [-0.1, -0.05) is 46.3 Å². The van der Waals surface area contributed by atoms with E-state index in [1.807, 2.05) is 19.2 Å². The second-order valence-electron chi connectivity index (χ2n) is 10.2. The molecule has 0 atom stereocenters. The number of aliphatic hydroxyl groups is 1. The van der Waals surface area contributed by atoms with Crippen LogP contribution in [0, 0.1) is 17.8 Å².